The Labute approximate surface area is 203 Å². The van der Waals surface area contributed by atoms with Crippen molar-refractivity contribution in [2.24, 2.45) is 11.3 Å². The first kappa shape index (κ1) is 25.8. The van der Waals surface area contributed by atoms with Gasteiger partial charge in [-0.05, 0) is 51.1 Å². The highest BCUT2D eigenvalue weighted by Crippen LogP contribution is 2.36. The van der Waals surface area contributed by atoms with Crippen LogP contribution < -0.4 is 10.6 Å². The molecule has 0 aromatic carbocycles. The fourth-order valence-electron chi connectivity index (χ4n) is 4.00. The minimum Gasteiger partial charge on any atom is -0.396 e. The topological polar surface area (TPSA) is 86.2 Å². The van der Waals surface area contributed by atoms with E-state index >= 15 is 0 Å². The normalized spacial score (nSPS) is 16.1. The van der Waals surface area contributed by atoms with E-state index in [4.69, 9.17) is 15.0 Å². The first-order valence-electron chi connectivity index (χ1n) is 12.3. The third-order valence-corrected chi connectivity index (χ3v) is 7.39. The molecule has 1 unspecified atom stereocenters. The standard InChI is InChI=1S/C25H42N6OS/c1-7-18(15-32)10-12-26-22-21(17(2)28-24(30-22)27-16-25(3,4)5)23-29-19-11-14-31(6)13-8-9-20(19)33-23/h18,32H,7-16H2,1-6H3,(H2,26,27,28,30). The molecule has 3 heterocycles. The van der Waals surface area contributed by atoms with Crippen molar-refractivity contribution >= 4 is 23.1 Å². The number of anilines is 2. The van der Waals surface area contributed by atoms with E-state index in [2.05, 4.69) is 57.2 Å². The van der Waals surface area contributed by atoms with E-state index in [1.165, 1.54) is 17.0 Å². The van der Waals surface area contributed by atoms with Crippen LogP contribution in [0.4, 0.5) is 11.8 Å². The lowest BCUT2D eigenvalue weighted by molar-refractivity contribution is 0.217. The molecule has 0 aliphatic carbocycles. The molecule has 2 aromatic heterocycles. The quantitative estimate of drug-likeness (QED) is 0.489. The molecule has 1 aliphatic rings. The summed E-state index contributed by atoms with van der Waals surface area (Å²) in [5.41, 5.74) is 3.32. The monoisotopic (exact) mass is 474 g/mol. The molecule has 0 saturated heterocycles. The van der Waals surface area contributed by atoms with E-state index in [-0.39, 0.29) is 12.0 Å². The number of aryl methyl sites for hydroxylation is 2. The SMILES string of the molecule is CCC(CO)CCNc1nc(NCC(C)(C)C)nc(C)c1-c1nc2c(s1)CCCN(C)CC2. The Morgan fingerprint density at radius 2 is 1.91 bits per heavy atom. The Bertz CT molecular complexity index is 903. The van der Waals surface area contributed by atoms with Crippen molar-refractivity contribution in [2.45, 2.75) is 66.7 Å². The van der Waals surface area contributed by atoms with Crippen molar-refractivity contribution < 1.29 is 5.11 Å². The first-order valence-corrected chi connectivity index (χ1v) is 13.2. The highest BCUT2D eigenvalue weighted by atomic mass is 32.1. The van der Waals surface area contributed by atoms with Crippen molar-refractivity contribution in [2.75, 3.05) is 50.5 Å². The lowest BCUT2D eigenvalue weighted by Gasteiger charge is -2.20. The lowest BCUT2D eigenvalue weighted by atomic mass is 9.97. The van der Waals surface area contributed by atoms with Gasteiger partial charge in [-0.1, -0.05) is 34.1 Å². The van der Waals surface area contributed by atoms with Crippen molar-refractivity contribution in [1.29, 1.82) is 0 Å². The summed E-state index contributed by atoms with van der Waals surface area (Å²) < 4.78 is 0. The van der Waals surface area contributed by atoms with Gasteiger partial charge >= 0.3 is 0 Å². The molecular weight excluding hydrogens is 432 g/mol. The molecule has 3 N–H and O–H groups in total. The molecular formula is C25H42N6OS. The fraction of sp³-hybridized carbons (Fsp3) is 0.720. The van der Waals surface area contributed by atoms with Crippen molar-refractivity contribution in [3.05, 3.63) is 16.3 Å². The second kappa shape index (κ2) is 11.6. The Balaban J connectivity index is 1.91. The number of fused-ring (bicyclic) bond motifs is 1. The molecule has 8 heteroatoms. The molecule has 33 heavy (non-hydrogen) atoms. The van der Waals surface area contributed by atoms with E-state index < -0.39 is 0 Å². The number of nitrogens with one attached hydrogen (secondary N) is 2. The summed E-state index contributed by atoms with van der Waals surface area (Å²) in [5, 5.41) is 17.6. The summed E-state index contributed by atoms with van der Waals surface area (Å²) in [5.74, 6) is 1.80. The van der Waals surface area contributed by atoms with Crippen molar-refractivity contribution in [3.8, 4) is 10.6 Å². The fourth-order valence-corrected chi connectivity index (χ4v) is 5.25. The number of hydrogen-bond acceptors (Lipinski definition) is 8. The third-order valence-electron chi connectivity index (χ3n) is 6.21. The zero-order valence-corrected chi connectivity index (χ0v) is 22.1. The number of nitrogens with zero attached hydrogens (tertiary/aromatic N) is 4. The summed E-state index contributed by atoms with van der Waals surface area (Å²) in [6.45, 7) is 14.7. The van der Waals surface area contributed by atoms with Gasteiger partial charge in [-0.2, -0.15) is 4.98 Å². The van der Waals surface area contributed by atoms with Crippen LogP contribution in [0.15, 0.2) is 0 Å². The van der Waals surface area contributed by atoms with Crippen LogP contribution in [0.5, 0.6) is 0 Å². The second-order valence-electron chi connectivity index (χ2n) is 10.5. The highest BCUT2D eigenvalue weighted by Gasteiger charge is 2.22. The largest absolute Gasteiger partial charge is 0.396 e. The van der Waals surface area contributed by atoms with Crippen molar-refractivity contribution in [1.82, 2.24) is 19.9 Å². The number of aliphatic hydroxyl groups is 1. The molecule has 0 radical (unpaired) electrons. The van der Waals surface area contributed by atoms with Crippen molar-refractivity contribution in [3.63, 3.8) is 0 Å². The maximum absolute atomic E-state index is 9.57. The number of thiazole rings is 1. The number of likely N-dealkylation sites (N-methyl/N-ethyl adjacent to an activating group) is 1. The predicted molar refractivity (Wildman–Crippen MR) is 139 cm³/mol. The molecule has 0 fully saturated rings. The maximum atomic E-state index is 9.57. The summed E-state index contributed by atoms with van der Waals surface area (Å²) in [7, 11) is 2.19. The molecule has 2 aromatic rings. The number of aromatic nitrogens is 3. The summed E-state index contributed by atoms with van der Waals surface area (Å²) in [4.78, 5) is 18.6. The summed E-state index contributed by atoms with van der Waals surface area (Å²) in [6, 6.07) is 0. The lowest BCUT2D eigenvalue weighted by Crippen LogP contribution is -2.24. The van der Waals surface area contributed by atoms with E-state index in [0.29, 0.717) is 11.9 Å². The Hall–Kier alpha value is -1.77. The van der Waals surface area contributed by atoms with E-state index in [0.717, 1.165) is 73.9 Å². The van der Waals surface area contributed by atoms with Gasteiger partial charge < -0.3 is 20.6 Å². The summed E-state index contributed by atoms with van der Waals surface area (Å²) in [6.07, 6.45) is 5.12. The van der Waals surface area contributed by atoms with E-state index in [1.807, 2.05) is 0 Å². The van der Waals surface area contributed by atoms with Crippen LogP contribution in [0.1, 0.15) is 63.2 Å². The predicted octanol–water partition coefficient (Wildman–Crippen LogP) is 4.61. The van der Waals surface area contributed by atoms with Gasteiger partial charge in [0.1, 0.15) is 10.8 Å². The van der Waals surface area contributed by atoms with Gasteiger partial charge in [0.2, 0.25) is 5.95 Å². The van der Waals surface area contributed by atoms with Crippen LogP contribution in [0, 0.1) is 18.3 Å². The molecule has 3 rings (SSSR count). The molecule has 7 nitrogen and oxygen atoms in total. The number of rotatable bonds is 9. The highest BCUT2D eigenvalue weighted by molar-refractivity contribution is 7.15. The minimum atomic E-state index is 0.136. The van der Waals surface area contributed by atoms with Crippen LogP contribution in [0.3, 0.4) is 0 Å². The Morgan fingerprint density at radius 1 is 1.12 bits per heavy atom. The zero-order valence-electron chi connectivity index (χ0n) is 21.3. The maximum Gasteiger partial charge on any atom is 0.224 e. The third kappa shape index (κ3) is 7.36. The van der Waals surface area contributed by atoms with Gasteiger partial charge in [-0.25, -0.2) is 9.97 Å². The average Bonchev–Trinajstić information content (AvgIpc) is 3.13. The van der Waals surface area contributed by atoms with Gasteiger partial charge in [0.25, 0.3) is 0 Å². The van der Waals surface area contributed by atoms with Crippen LogP contribution in [-0.2, 0) is 12.8 Å². The van der Waals surface area contributed by atoms with E-state index in [9.17, 15) is 5.11 Å². The Kier molecular flexibility index (Phi) is 9.07. The van der Waals surface area contributed by atoms with Crippen LogP contribution in [0.25, 0.3) is 10.6 Å². The van der Waals surface area contributed by atoms with Crippen LogP contribution in [-0.4, -0.2) is 64.8 Å². The van der Waals surface area contributed by atoms with Gasteiger partial charge in [-0.3, -0.25) is 0 Å². The van der Waals surface area contributed by atoms with Crippen LogP contribution in [0.2, 0.25) is 0 Å². The smallest absolute Gasteiger partial charge is 0.224 e. The average molecular weight is 475 g/mol. The molecule has 1 atom stereocenters. The molecule has 0 amide bonds. The van der Waals surface area contributed by atoms with Crippen LogP contribution >= 0.6 is 11.3 Å². The molecule has 0 saturated carbocycles. The van der Waals surface area contributed by atoms with Gasteiger partial charge in [-0.15, -0.1) is 11.3 Å². The summed E-state index contributed by atoms with van der Waals surface area (Å²) >= 11 is 1.80. The molecule has 1 aliphatic heterocycles. The molecule has 184 valence electrons. The molecule has 0 spiro atoms. The molecule has 0 bridgehead atoms. The minimum absolute atomic E-state index is 0.136. The van der Waals surface area contributed by atoms with E-state index in [1.54, 1.807) is 11.3 Å². The zero-order chi connectivity index (χ0) is 24.0. The van der Waals surface area contributed by atoms with Gasteiger partial charge in [0, 0.05) is 37.5 Å². The first-order chi connectivity index (χ1) is 15.7. The van der Waals surface area contributed by atoms with Gasteiger partial charge in [0.05, 0.1) is 17.0 Å². The van der Waals surface area contributed by atoms with Gasteiger partial charge in [0.15, 0.2) is 0 Å². The number of aliphatic hydroxyl groups excluding tert-OH is 1. The Morgan fingerprint density at radius 3 is 2.61 bits per heavy atom. The number of hydrogen-bond donors (Lipinski definition) is 3. The second-order valence-corrected chi connectivity index (χ2v) is 11.6.